The minimum atomic E-state index is -0.162. The summed E-state index contributed by atoms with van der Waals surface area (Å²) in [6.07, 6.45) is 0. The first-order valence-corrected chi connectivity index (χ1v) is 7.78. The zero-order chi connectivity index (χ0) is 16.9. The highest BCUT2D eigenvalue weighted by atomic mass is 16.1. The third kappa shape index (κ3) is 3.43. The average molecular weight is 317 g/mol. The van der Waals surface area contributed by atoms with E-state index in [1.807, 2.05) is 60.7 Å². The molecule has 1 heterocycles. The lowest BCUT2D eigenvalue weighted by Gasteiger charge is -2.05. The molecule has 0 atom stereocenters. The first-order valence-electron chi connectivity index (χ1n) is 7.78. The van der Waals surface area contributed by atoms with Crippen LogP contribution < -0.4 is 5.32 Å². The van der Waals surface area contributed by atoms with E-state index in [1.54, 1.807) is 6.92 Å². The Balaban J connectivity index is 1.97. The molecule has 0 aliphatic heterocycles. The van der Waals surface area contributed by atoms with Crippen LogP contribution in [-0.4, -0.2) is 15.9 Å². The van der Waals surface area contributed by atoms with E-state index >= 15 is 0 Å². The predicted octanol–water partition coefficient (Wildman–Crippen LogP) is 3.94. The van der Waals surface area contributed by atoms with E-state index < -0.39 is 0 Å². The number of benzene rings is 2. The van der Waals surface area contributed by atoms with Gasteiger partial charge in [-0.2, -0.15) is 0 Å². The van der Waals surface area contributed by atoms with Crippen molar-refractivity contribution in [1.29, 1.82) is 0 Å². The number of rotatable bonds is 5. The van der Waals surface area contributed by atoms with Crippen LogP contribution in [0, 0.1) is 0 Å². The summed E-state index contributed by atoms with van der Waals surface area (Å²) in [7, 11) is 0. The number of amides is 1. The fourth-order valence-corrected chi connectivity index (χ4v) is 2.42. The number of carbonyl (C=O) groups is 1. The summed E-state index contributed by atoms with van der Waals surface area (Å²) in [4.78, 5) is 19.9. The maximum atomic E-state index is 11.8. The van der Waals surface area contributed by atoms with Gasteiger partial charge < -0.3 is 10.3 Å². The van der Waals surface area contributed by atoms with Gasteiger partial charge in [0.1, 0.15) is 5.82 Å². The van der Waals surface area contributed by atoms with E-state index in [2.05, 4.69) is 16.9 Å². The molecule has 3 aromatic rings. The van der Waals surface area contributed by atoms with Gasteiger partial charge in [0.05, 0.1) is 17.9 Å². The van der Waals surface area contributed by atoms with Crippen molar-refractivity contribution in [3.63, 3.8) is 0 Å². The predicted molar refractivity (Wildman–Crippen MR) is 96.1 cm³/mol. The number of nitrogens with zero attached hydrogens (tertiary/aromatic N) is 1. The molecule has 0 radical (unpaired) electrons. The number of hydrogen-bond acceptors (Lipinski definition) is 2. The third-order valence-electron chi connectivity index (χ3n) is 3.69. The van der Waals surface area contributed by atoms with Gasteiger partial charge in [0.25, 0.3) is 0 Å². The molecule has 0 saturated heterocycles. The molecule has 0 bridgehead atoms. The lowest BCUT2D eigenvalue weighted by Crippen LogP contribution is -2.23. The lowest BCUT2D eigenvalue weighted by molar-refractivity contribution is -0.117. The molecular formula is C20H19N3O. The third-order valence-corrected chi connectivity index (χ3v) is 3.69. The Labute approximate surface area is 141 Å². The molecule has 120 valence electrons. The number of aromatic nitrogens is 2. The van der Waals surface area contributed by atoms with Crippen molar-refractivity contribution in [2.75, 3.05) is 0 Å². The molecular weight excluding hydrogens is 298 g/mol. The minimum Gasteiger partial charge on any atom is -0.347 e. The Morgan fingerprint density at radius 3 is 2.21 bits per heavy atom. The molecule has 4 heteroatoms. The zero-order valence-electron chi connectivity index (χ0n) is 13.5. The summed E-state index contributed by atoms with van der Waals surface area (Å²) in [5.74, 6) is 0.624. The largest absolute Gasteiger partial charge is 0.347 e. The van der Waals surface area contributed by atoms with Gasteiger partial charge in [-0.25, -0.2) is 4.98 Å². The van der Waals surface area contributed by atoms with Crippen molar-refractivity contribution in [1.82, 2.24) is 15.3 Å². The van der Waals surface area contributed by atoms with Gasteiger partial charge in [0.2, 0.25) is 5.91 Å². The Kier molecular flexibility index (Phi) is 4.57. The van der Waals surface area contributed by atoms with E-state index in [0.717, 1.165) is 28.3 Å². The van der Waals surface area contributed by atoms with Gasteiger partial charge in [0, 0.05) is 16.7 Å². The van der Waals surface area contributed by atoms with Crippen molar-refractivity contribution in [3.8, 4) is 22.6 Å². The number of H-pyrrole nitrogens is 1. The molecule has 0 spiro atoms. The Hall–Kier alpha value is -3.14. The molecule has 0 saturated carbocycles. The van der Waals surface area contributed by atoms with Crippen LogP contribution in [0.3, 0.4) is 0 Å². The van der Waals surface area contributed by atoms with Crippen LogP contribution in [0.1, 0.15) is 12.6 Å². The molecule has 2 N–H and O–H groups in total. The van der Waals surface area contributed by atoms with Crippen LogP contribution in [0.25, 0.3) is 22.6 Å². The second-order valence-corrected chi connectivity index (χ2v) is 5.61. The van der Waals surface area contributed by atoms with E-state index in [0.29, 0.717) is 12.1 Å². The molecule has 1 amide bonds. The molecule has 3 rings (SSSR count). The SMILES string of the molecule is C=C(C)C(=O)NCc1[nH]c(-c2ccccc2)nc1-c1ccccc1. The Morgan fingerprint density at radius 2 is 1.62 bits per heavy atom. The van der Waals surface area contributed by atoms with Crippen LogP contribution >= 0.6 is 0 Å². The summed E-state index contributed by atoms with van der Waals surface area (Å²) >= 11 is 0. The average Bonchev–Trinajstić information content (AvgIpc) is 3.05. The molecule has 24 heavy (non-hydrogen) atoms. The highest BCUT2D eigenvalue weighted by molar-refractivity contribution is 5.92. The first kappa shape index (κ1) is 15.7. The molecule has 4 nitrogen and oxygen atoms in total. The van der Waals surface area contributed by atoms with Crippen LogP contribution in [0.5, 0.6) is 0 Å². The monoisotopic (exact) mass is 317 g/mol. The van der Waals surface area contributed by atoms with Crippen molar-refractivity contribution < 1.29 is 4.79 Å². The normalized spacial score (nSPS) is 10.4. The number of carbonyl (C=O) groups excluding carboxylic acids is 1. The van der Waals surface area contributed by atoms with E-state index in [4.69, 9.17) is 4.98 Å². The molecule has 2 aromatic carbocycles. The summed E-state index contributed by atoms with van der Waals surface area (Å²) < 4.78 is 0. The van der Waals surface area contributed by atoms with E-state index in [-0.39, 0.29) is 5.91 Å². The van der Waals surface area contributed by atoms with Gasteiger partial charge in [-0.05, 0) is 6.92 Å². The summed E-state index contributed by atoms with van der Waals surface area (Å²) in [5, 5.41) is 2.86. The van der Waals surface area contributed by atoms with E-state index in [1.165, 1.54) is 0 Å². The zero-order valence-corrected chi connectivity index (χ0v) is 13.5. The second-order valence-electron chi connectivity index (χ2n) is 5.61. The fourth-order valence-electron chi connectivity index (χ4n) is 2.42. The van der Waals surface area contributed by atoms with Crippen LogP contribution in [0.2, 0.25) is 0 Å². The van der Waals surface area contributed by atoms with Gasteiger partial charge in [0.15, 0.2) is 0 Å². The molecule has 0 aliphatic carbocycles. The topological polar surface area (TPSA) is 57.8 Å². The van der Waals surface area contributed by atoms with Crippen molar-refractivity contribution >= 4 is 5.91 Å². The minimum absolute atomic E-state index is 0.162. The molecule has 0 unspecified atom stereocenters. The maximum Gasteiger partial charge on any atom is 0.246 e. The van der Waals surface area contributed by atoms with E-state index in [9.17, 15) is 4.79 Å². The number of aromatic amines is 1. The molecule has 0 fully saturated rings. The van der Waals surface area contributed by atoms with Gasteiger partial charge >= 0.3 is 0 Å². The van der Waals surface area contributed by atoms with Crippen molar-refractivity contribution in [2.45, 2.75) is 13.5 Å². The van der Waals surface area contributed by atoms with Crippen LogP contribution in [0.4, 0.5) is 0 Å². The summed E-state index contributed by atoms with van der Waals surface area (Å²) in [6.45, 7) is 5.72. The van der Waals surface area contributed by atoms with Crippen molar-refractivity contribution in [3.05, 3.63) is 78.5 Å². The number of nitrogens with one attached hydrogen (secondary N) is 2. The summed E-state index contributed by atoms with van der Waals surface area (Å²) in [6, 6.07) is 19.9. The first-order chi connectivity index (χ1) is 11.6. The highest BCUT2D eigenvalue weighted by Crippen LogP contribution is 2.26. The quantitative estimate of drug-likeness (QED) is 0.700. The van der Waals surface area contributed by atoms with Gasteiger partial charge in [-0.3, -0.25) is 4.79 Å². The Morgan fingerprint density at radius 1 is 1.04 bits per heavy atom. The maximum absolute atomic E-state index is 11.8. The van der Waals surface area contributed by atoms with Crippen molar-refractivity contribution in [2.24, 2.45) is 0 Å². The van der Waals surface area contributed by atoms with Gasteiger partial charge in [-0.1, -0.05) is 67.2 Å². The van der Waals surface area contributed by atoms with Crippen LogP contribution in [-0.2, 0) is 11.3 Å². The molecule has 1 aromatic heterocycles. The standard InChI is InChI=1S/C20H19N3O/c1-14(2)20(24)21-13-17-18(15-9-5-3-6-10-15)23-19(22-17)16-11-7-4-8-12-16/h3-12H,1,13H2,2H3,(H,21,24)(H,22,23). The smallest absolute Gasteiger partial charge is 0.246 e. The number of hydrogen-bond donors (Lipinski definition) is 2. The lowest BCUT2D eigenvalue weighted by atomic mass is 10.1. The fraction of sp³-hybridized carbons (Fsp3) is 0.100. The Bertz CT molecular complexity index is 851. The van der Waals surface area contributed by atoms with Gasteiger partial charge in [-0.15, -0.1) is 0 Å². The number of imidazole rings is 1. The second kappa shape index (κ2) is 6.96. The molecule has 0 aliphatic rings. The summed E-state index contributed by atoms with van der Waals surface area (Å²) in [5.41, 5.74) is 4.22. The van der Waals surface area contributed by atoms with Crippen LogP contribution in [0.15, 0.2) is 72.8 Å². The highest BCUT2D eigenvalue weighted by Gasteiger charge is 2.14.